The van der Waals surface area contributed by atoms with Gasteiger partial charge in [0.15, 0.2) is 0 Å². The number of nitrogens with one attached hydrogen (secondary N) is 2. The van der Waals surface area contributed by atoms with Crippen LogP contribution in [0.4, 0.5) is 10.5 Å². The molecule has 3 N–H and O–H groups in total. The molecule has 21 heavy (non-hydrogen) atoms. The van der Waals surface area contributed by atoms with Gasteiger partial charge >= 0.3 is 12.0 Å². The normalized spacial score (nSPS) is 16.7. The number of carbonyl (C=O) groups excluding carboxylic acids is 1. The Morgan fingerprint density at radius 3 is 2.10 bits per heavy atom. The Balaban J connectivity index is 1.98. The van der Waals surface area contributed by atoms with Crippen molar-refractivity contribution in [3.63, 3.8) is 0 Å². The third-order valence-corrected chi connectivity index (χ3v) is 3.98. The standard InChI is InChI=1S/C16H22N2O3/c1-15(2,3)11-5-7-12(8-6-11)17-14(21)18-16(13(19)20)9-4-10-16/h5-8H,4,9-10H2,1-3H3,(H,19,20)(H2,17,18,21). The van der Waals surface area contributed by atoms with Crippen LogP contribution in [0.25, 0.3) is 0 Å². The summed E-state index contributed by atoms with van der Waals surface area (Å²) in [7, 11) is 0. The first kappa shape index (κ1) is 15.4. The van der Waals surface area contributed by atoms with Crippen molar-refractivity contribution in [2.75, 3.05) is 5.32 Å². The molecule has 5 heteroatoms. The fraction of sp³-hybridized carbons (Fsp3) is 0.500. The highest BCUT2D eigenvalue weighted by Crippen LogP contribution is 2.32. The number of aliphatic carboxylic acids is 1. The van der Waals surface area contributed by atoms with E-state index in [0.29, 0.717) is 18.5 Å². The second-order valence-electron chi connectivity index (χ2n) is 6.65. The average molecular weight is 290 g/mol. The number of anilines is 1. The minimum absolute atomic E-state index is 0.0556. The maximum absolute atomic E-state index is 11.9. The van der Waals surface area contributed by atoms with Gasteiger partial charge in [-0.15, -0.1) is 0 Å². The largest absolute Gasteiger partial charge is 0.480 e. The predicted molar refractivity (Wildman–Crippen MR) is 81.5 cm³/mol. The third kappa shape index (κ3) is 3.35. The van der Waals surface area contributed by atoms with E-state index >= 15 is 0 Å². The van der Waals surface area contributed by atoms with Crippen LogP contribution < -0.4 is 10.6 Å². The zero-order valence-corrected chi connectivity index (χ0v) is 12.7. The smallest absolute Gasteiger partial charge is 0.329 e. The number of carboxylic acid groups (broad SMARTS) is 1. The summed E-state index contributed by atoms with van der Waals surface area (Å²) in [6, 6.07) is 7.11. The molecular formula is C16H22N2O3. The van der Waals surface area contributed by atoms with Crippen LogP contribution in [0.5, 0.6) is 0 Å². The van der Waals surface area contributed by atoms with Crippen molar-refractivity contribution < 1.29 is 14.7 Å². The zero-order valence-electron chi connectivity index (χ0n) is 12.7. The van der Waals surface area contributed by atoms with Crippen LogP contribution in [-0.2, 0) is 10.2 Å². The van der Waals surface area contributed by atoms with Crippen LogP contribution in [0.15, 0.2) is 24.3 Å². The van der Waals surface area contributed by atoms with Gasteiger partial charge in [-0.25, -0.2) is 9.59 Å². The van der Waals surface area contributed by atoms with Gasteiger partial charge in [0.05, 0.1) is 0 Å². The van der Waals surface area contributed by atoms with Crippen LogP contribution >= 0.6 is 0 Å². The summed E-state index contributed by atoms with van der Waals surface area (Å²) in [5.74, 6) is -0.966. The van der Waals surface area contributed by atoms with Gasteiger partial charge in [0.1, 0.15) is 5.54 Å². The van der Waals surface area contributed by atoms with Crippen molar-refractivity contribution in [2.24, 2.45) is 0 Å². The lowest BCUT2D eigenvalue weighted by Gasteiger charge is -2.38. The van der Waals surface area contributed by atoms with Gasteiger partial charge in [-0.3, -0.25) is 0 Å². The molecule has 2 rings (SSSR count). The van der Waals surface area contributed by atoms with Crippen molar-refractivity contribution in [1.29, 1.82) is 0 Å². The first-order valence-corrected chi connectivity index (χ1v) is 7.16. The van der Waals surface area contributed by atoms with Gasteiger partial charge in [-0.05, 0) is 42.4 Å². The van der Waals surface area contributed by atoms with Gasteiger partial charge in [0, 0.05) is 5.69 Å². The zero-order chi connectivity index (χ0) is 15.7. The minimum atomic E-state index is -1.09. The van der Waals surface area contributed by atoms with E-state index in [1.165, 1.54) is 5.56 Å². The molecule has 0 spiro atoms. The van der Waals surface area contributed by atoms with Crippen molar-refractivity contribution in [1.82, 2.24) is 5.32 Å². The number of carbonyl (C=O) groups is 2. The Bertz CT molecular complexity index is 540. The van der Waals surface area contributed by atoms with Gasteiger partial charge in [-0.1, -0.05) is 32.9 Å². The summed E-state index contributed by atoms with van der Waals surface area (Å²) in [5.41, 5.74) is 0.796. The molecule has 0 radical (unpaired) electrons. The van der Waals surface area contributed by atoms with Crippen molar-refractivity contribution in [3.05, 3.63) is 29.8 Å². The van der Waals surface area contributed by atoms with Crippen molar-refractivity contribution in [2.45, 2.75) is 51.0 Å². The highest BCUT2D eigenvalue weighted by molar-refractivity contribution is 5.94. The molecule has 5 nitrogen and oxygen atoms in total. The molecule has 1 aromatic rings. The van der Waals surface area contributed by atoms with Crippen LogP contribution in [0, 0.1) is 0 Å². The average Bonchev–Trinajstić information content (AvgIpc) is 2.33. The molecule has 0 unspecified atom stereocenters. The molecule has 0 aliphatic heterocycles. The first-order valence-electron chi connectivity index (χ1n) is 7.16. The van der Waals surface area contributed by atoms with Crippen LogP contribution in [0.2, 0.25) is 0 Å². The molecule has 1 aliphatic rings. The van der Waals surface area contributed by atoms with E-state index in [1.807, 2.05) is 24.3 Å². The van der Waals surface area contributed by atoms with Crippen molar-refractivity contribution >= 4 is 17.7 Å². The monoisotopic (exact) mass is 290 g/mol. The minimum Gasteiger partial charge on any atom is -0.480 e. The van der Waals surface area contributed by atoms with E-state index in [-0.39, 0.29) is 5.41 Å². The Hall–Kier alpha value is -2.04. The molecule has 1 saturated carbocycles. The van der Waals surface area contributed by atoms with E-state index in [9.17, 15) is 14.7 Å². The van der Waals surface area contributed by atoms with E-state index in [1.54, 1.807) is 0 Å². The fourth-order valence-corrected chi connectivity index (χ4v) is 2.36. The molecule has 114 valence electrons. The Morgan fingerprint density at radius 2 is 1.71 bits per heavy atom. The maximum Gasteiger partial charge on any atom is 0.329 e. The van der Waals surface area contributed by atoms with Gasteiger partial charge in [-0.2, -0.15) is 0 Å². The number of carboxylic acids is 1. The number of amides is 2. The quantitative estimate of drug-likeness (QED) is 0.800. The van der Waals surface area contributed by atoms with E-state index in [4.69, 9.17) is 0 Å². The predicted octanol–water partition coefficient (Wildman–Crippen LogP) is 3.11. The lowest BCUT2D eigenvalue weighted by Crippen LogP contribution is -2.60. The first-order chi connectivity index (χ1) is 9.73. The highest BCUT2D eigenvalue weighted by Gasteiger charge is 2.45. The molecular weight excluding hydrogens is 268 g/mol. The Labute approximate surface area is 124 Å². The Kier molecular flexibility index (Phi) is 3.94. The van der Waals surface area contributed by atoms with Gasteiger partial charge < -0.3 is 15.7 Å². The van der Waals surface area contributed by atoms with Gasteiger partial charge in [0.25, 0.3) is 0 Å². The molecule has 0 atom stereocenters. The second-order valence-corrected chi connectivity index (χ2v) is 6.65. The SMILES string of the molecule is CC(C)(C)c1ccc(NC(=O)NC2(C(=O)O)CCC2)cc1. The van der Waals surface area contributed by atoms with Crippen molar-refractivity contribution in [3.8, 4) is 0 Å². The lowest BCUT2D eigenvalue weighted by molar-refractivity contribution is -0.148. The van der Waals surface area contributed by atoms with E-state index in [2.05, 4.69) is 31.4 Å². The number of rotatable bonds is 3. The maximum atomic E-state index is 11.9. The molecule has 0 heterocycles. The Morgan fingerprint density at radius 1 is 1.14 bits per heavy atom. The molecule has 1 aliphatic carbocycles. The molecule has 2 amide bonds. The fourth-order valence-electron chi connectivity index (χ4n) is 2.36. The molecule has 0 saturated heterocycles. The third-order valence-electron chi connectivity index (χ3n) is 3.98. The van der Waals surface area contributed by atoms with Crippen LogP contribution in [0.3, 0.4) is 0 Å². The molecule has 1 aromatic carbocycles. The van der Waals surface area contributed by atoms with E-state index in [0.717, 1.165) is 6.42 Å². The molecule has 0 bridgehead atoms. The summed E-state index contributed by atoms with van der Waals surface area (Å²) in [6.07, 6.45) is 1.80. The number of urea groups is 1. The van der Waals surface area contributed by atoms with Crippen LogP contribution in [0.1, 0.15) is 45.6 Å². The van der Waals surface area contributed by atoms with Gasteiger partial charge in [0.2, 0.25) is 0 Å². The summed E-state index contributed by atoms with van der Waals surface area (Å²) in [6.45, 7) is 6.36. The topological polar surface area (TPSA) is 78.4 Å². The number of benzene rings is 1. The summed E-state index contributed by atoms with van der Waals surface area (Å²) >= 11 is 0. The molecule has 1 fully saturated rings. The summed E-state index contributed by atoms with van der Waals surface area (Å²) < 4.78 is 0. The summed E-state index contributed by atoms with van der Waals surface area (Å²) in [5, 5.41) is 14.4. The number of hydrogen-bond donors (Lipinski definition) is 3. The number of hydrogen-bond acceptors (Lipinski definition) is 2. The highest BCUT2D eigenvalue weighted by atomic mass is 16.4. The molecule has 0 aromatic heterocycles. The second kappa shape index (κ2) is 5.39. The van der Waals surface area contributed by atoms with E-state index < -0.39 is 17.5 Å². The lowest BCUT2D eigenvalue weighted by atomic mass is 9.77. The van der Waals surface area contributed by atoms with Crippen LogP contribution in [-0.4, -0.2) is 22.6 Å². The summed E-state index contributed by atoms with van der Waals surface area (Å²) in [4.78, 5) is 23.1.